The fourth-order valence-electron chi connectivity index (χ4n) is 3.51. The van der Waals surface area contributed by atoms with Crippen LogP contribution >= 0.6 is 0 Å². The van der Waals surface area contributed by atoms with Gasteiger partial charge in [-0.05, 0) is 54.4 Å². The molecule has 4 rings (SSSR count). The summed E-state index contributed by atoms with van der Waals surface area (Å²) in [5.41, 5.74) is 0.322. The molecule has 0 fully saturated rings. The molecule has 3 nitrogen and oxygen atoms in total. The van der Waals surface area contributed by atoms with Crippen LogP contribution in [0.2, 0.25) is 0 Å². The van der Waals surface area contributed by atoms with Gasteiger partial charge in [-0.15, -0.1) is 0 Å². The lowest BCUT2D eigenvalue weighted by Crippen LogP contribution is -2.11. The van der Waals surface area contributed by atoms with Gasteiger partial charge >= 0.3 is 6.18 Å². The van der Waals surface area contributed by atoms with Gasteiger partial charge in [-0.1, -0.05) is 37.3 Å². The fraction of sp³-hybridized carbons (Fsp3) is 0.261. The number of hydrogen-bond acceptors (Lipinski definition) is 2. The molecule has 0 spiro atoms. The third kappa shape index (κ3) is 3.79. The standard InChI is InChI=1S/C23H21F3N2O/c1-3-15(2)28-21-11-9-18(23(24,25)26)13-20(21)27-22(28)14-29-19-10-8-16-6-4-5-7-17(16)12-19/h4-13,15H,3,14H2,1-2H3. The first-order chi connectivity index (χ1) is 13.9. The molecule has 1 atom stereocenters. The van der Waals surface area contributed by atoms with Crippen molar-refractivity contribution < 1.29 is 17.9 Å². The lowest BCUT2D eigenvalue weighted by atomic mass is 10.1. The van der Waals surface area contributed by atoms with Crippen molar-refractivity contribution in [3.05, 3.63) is 72.1 Å². The zero-order valence-corrected chi connectivity index (χ0v) is 16.2. The molecular formula is C23H21F3N2O. The van der Waals surface area contributed by atoms with Crippen LogP contribution < -0.4 is 4.74 Å². The highest BCUT2D eigenvalue weighted by Gasteiger charge is 2.31. The summed E-state index contributed by atoms with van der Waals surface area (Å²) in [6, 6.07) is 17.6. The number of alkyl halides is 3. The molecule has 150 valence electrons. The van der Waals surface area contributed by atoms with Crippen LogP contribution in [-0.2, 0) is 12.8 Å². The maximum absolute atomic E-state index is 13.1. The Balaban J connectivity index is 1.69. The number of benzene rings is 3. The number of imidazole rings is 1. The number of hydrogen-bond donors (Lipinski definition) is 0. The summed E-state index contributed by atoms with van der Waals surface area (Å²) >= 11 is 0. The van der Waals surface area contributed by atoms with E-state index in [4.69, 9.17) is 4.74 Å². The molecule has 0 saturated heterocycles. The summed E-state index contributed by atoms with van der Waals surface area (Å²) < 4.78 is 47.2. The van der Waals surface area contributed by atoms with Gasteiger partial charge in [0.2, 0.25) is 0 Å². The Kier molecular flexibility index (Phi) is 4.94. The molecule has 0 N–H and O–H groups in total. The first kappa shape index (κ1) is 19.3. The second-order valence-electron chi connectivity index (χ2n) is 7.15. The second-order valence-corrected chi connectivity index (χ2v) is 7.15. The van der Waals surface area contributed by atoms with E-state index in [0.29, 0.717) is 22.6 Å². The third-order valence-corrected chi connectivity index (χ3v) is 5.21. The molecule has 3 aromatic carbocycles. The average molecular weight is 398 g/mol. The van der Waals surface area contributed by atoms with Crippen LogP contribution in [0.25, 0.3) is 21.8 Å². The first-order valence-corrected chi connectivity index (χ1v) is 9.56. The van der Waals surface area contributed by atoms with Gasteiger partial charge < -0.3 is 9.30 Å². The van der Waals surface area contributed by atoms with E-state index in [-0.39, 0.29) is 12.6 Å². The lowest BCUT2D eigenvalue weighted by Gasteiger charge is -2.16. The maximum Gasteiger partial charge on any atom is 0.416 e. The quantitative estimate of drug-likeness (QED) is 0.371. The average Bonchev–Trinajstić information content (AvgIpc) is 3.08. The number of halogens is 3. The van der Waals surface area contributed by atoms with E-state index in [1.165, 1.54) is 6.07 Å². The van der Waals surface area contributed by atoms with Gasteiger partial charge in [0.1, 0.15) is 18.2 Å². The molecule has 0 saturated carbocycles. The van der Waals surface area contributed by atoms with E-state index in [9.17, 15) is 13.2 Å². The Hall–Kier alpha value is -3.02. The van der Waals surface area contributed by atoms with Crippen LogP contribution in [0.3, 0.4) is 0 Å². The monoisotopic (exact) mass is 398 g/mol. The number of ether oxygens (including phenoxy) is 1. The summed E-state index contributed by atoms with van der Waals surface area (Å²) in [5.74, 6) is 1.31. The van der Waals surface area contributed by atoms with E-state index < -0.39 is 11.7 Å². The molecule has 0 amide bonds. The molecule has 6 heteroatoms. The topological polar surface area (TPSA) is 27.1 Å². The summed E-state index contributed by atoms with van der Waals surface area (Å²) in [6.07, 6.45) is -3.56. The smallest absolute Gasteiger partial charge is 0.416 e. The molecule has 1 heterocycles. The highest BCUT2D eigenvalue weighted by atomic mass is 19.4. The highest BCUT2D eigenvalue weighted by molar-refractivity contribution is 5.83. The van der Waals surface area contributed by atoms with Crippen molar-refractivity contribution in [3.63, 3.8) is 0 Å². The van der Waals surface area contributed by atoms with E-state index >= 15 is 0 Å². The number of aromatic nitrogens is 2. The molecule has 0 aliphatic heterocycles. The van der Waals surface area contributed by atoms with E-state index in [0.717, 1.165) is 29.3 Å². The van der Waals surface area contributed by atoms with Gasteiger partial charge in [0.25, 0.3) is 0 Å². The van der Waals surface area contributed by atoms with Crippen LogP contribution in [0.4, 0.5) is 13.2 Å². The highest BCUT2D eigenvalue weighted by Crippen LogP contribution is 2.33. The minimum atomic E-state index is -4.39. The van der Waals surface area contributed by atoms with Gasteiger partial charge in [-0.25, -0.2) is 4.98 Å². The van der Waals surface area contributed by atoms with Crippen LogP contribution in [0.15, 0.2) is 60.7 Å². The molecule has 4 aromatic rings. The normalized spacial score (nSPS) is 13.1. The van der Waals surface area contributed by atoms with Gasteiger partial charge in [-0.3, -0.25) is 0 Å². The van der Waals surface area contributed by atoms with Crippen molar-refractivity contribution in [3.8, 4) is 5.75 Å². The summed E-state index contributed by atoms with van der Waals surface area (Å²) in [5, 5.41) is 2.18. The van der Waals surface area contributed by atoms with Crippen molar-refractivity contribution in [2.45, 2.75) is 39.1 Å². The van der Waals surface area contributed by atoms with Crippen molar-refractivity contribution in [1.82, 2.24) is 9.55 Å². The largest absolute Gasteiger partial charge is 0.486 e. The van der Waals surface area contributed by atoms with Crippen LogP contribution in [0, 0.1) is 0 Å². The zero-order valence-electron chi connectivity index (χ0n) is 16.2. The SMILES string of the molecule is CCC(C)n1c(COc2ccc3ccccc3c2)nc2cc(C(F)(F)F)ccc21. The van der Waals surface area contributed by atoms with Crippen LogP contribution in [-0.4, -0.2) is 9.55 Å². The van der Waals surface area contributed by atoms with Crippen LogP contribution in [0.1, 0.15) is 37.7 Å². The minimum Gasteiger partial charge on any atom is -0.486 e. The molecular weight excluding hydrogens is 377 g/mol. The summed E-state index contributed by atoms with van der Waals surface area (Å²) in [7, 11) is 0. The van der Waals surface area contributed by atoms with E-state index in [1.54, 1.807) is 0 Å². The predicted molar refractivity (Wildman–Crippen MR) is 108 cm³/mol. The van der Waals surface area contributed by atoms with Crippen molar-refractivity contribution in [2.75, 3.05) is 0 Å². The van der Waals surface area contributed by atoms with Gasteiger partial charge in [0.15, 0.2) is 0 Å². The Bertz CT molecular complexity index is 1160. The molecule has 0 bridgehead atoms. The number of rotatable bonds is 5. The zero-order chi connectivity index (χ0) is 20.6. The van der Waals surface area contributed by atoms with Gasteiger partial charge in [-0.2, -0.15) is 13.2 Å². The molecule has 1 aromatic heterocycles. The van der Waals surface area contributed by atoms with Gasteiger partial charge in [0, 0.05) is 6.04 Å². The van der Waals surface area contributed by atoms with Crippen molar-refractivity contribution in [1.29, 1.82) is 0 Å². The maximum atomic E-state index is 13.1. The molecule has 0 aliphatic rings. The molecule has 29 heavy (non-hydrogen) atoms. The molecule has 0 radical (unpaired) electrons. The summed E-state index contributed by atoms with van der Waals surface area (Å²) in [4.78, 5) is 4.47. The van der Waals surface area contributed by atoms with E-state index in [2.05, 4.69) is 4.98 Å². The first-order valence-electron chi connectivity index (χ1n) is 9.56. The molecule has 1 unspecified atom stereocenters. The third-order valence-electron chi connectivity index (χ3n) is 5.21. The van der Waals surface area contributed by atoms with Crippen molar-refractivity contribution >= 4 is 21.8 Å². The Labute approximate surface area is 166 Å². The molecule has 0 aliphatic carbocycles. The number of nitrogens with zero attached hydrogens (tertiary/aromatic N) is 2. The number of fused-ring (bicyclic) bond motifs is 2. The Morgan fingerprint density at radius 3 is 2.48 bits per heavy atom. The van der Waals surface area contributed by atoms with Crippen LogP contribution in [0.5, 0.6) is 5.75 Å². The summed E-state index contributed by atoms with van der Waals surface area (Å²) in [6.45, 7) is 4.24. The minimum absolute atomic E-state index is 0.0898. The van der Waals surface area contributed by atoms with Gasteiger partial charge in [0.05, 0.1) is 16.6 Å². The predicted octanol–water partition coefficient (Wildman–Crippen LogP) is 6.76. The Morgan fingerprint density at radius 2 is 1.76 bits per heavy atom. The fourth-order valence-corrected chi connectivity index (χ4v) is 3.51. The lowest BCUT2D eigenvalue weighted by molar-refractivity contribution is -0.137. The Morgan fingerprint density at radius 1 is 1.00 bits per heavy atom. The van der Waals surface area contributed by atoms with E-state index in [1.807, 2.05) is 60.9 Å². The second kappa shape index (κ2) is 7.43. The van der Waals surface area contributed by atoms with Crippen molar-refractivity contribution in [2.24, 2.45) is 0 Å².